The van der Waals surface area contributed by atoms with Gasteiger partial charge >= 0.3 is 5.97 Å². The smallest absolute Gasteiger partial charge is 0.339 e. The molecule has 1 aliphatic carbocycles. The molecule has 1 aromatic heterocycles. The van der Waals surface area contributed by atoms with Crippen molar-refractivity contribution in [2.45, 2.75) is 52.1 Å². The lowest BCUT2D eigenvalue weighted by atomic mass is 9.87. The Hall–Kier alpha value is -2.68. The van der Waals surface area contributed by atoms with Gasteiger partial charge in [0.25, 0.3) is 0 Å². The Balaban J connectivity index is 1.59. The fourth-order valence-corrected chi connectivity index (χ4v) is 3.77. The summed E-state index contributed by atoms with van der Waals surface area (Å²) in [6, 6.07) is 16.2. The molecule has 0 radical (unpaired) electrons. The van der Waals surface area contributed by atoms with E-state index in [0.29, 0.717) is 5.56 Å². The quantitative estimate of drug-likeness (QED) is 0.590. The number of aryl methyl sites for hydroxylation is 1. The minimum atomic E-state index is -0.244. The van der Waals surface area contributed by atoms with E-state index >= 15 is 0 Å². The van der Waals surface area contributed by atoms with Gasteiger partial charge in [0.15, 0.2) is 0 Å². The Bertz CT molecular complexity index is 997. The van der Waals surface area contributed by atoms with Crippen molar-refractivity contribution in [3.63, 3.8) is 0 Å². The van der Waals surface area contributed by atoms with E-state index in [9.17, 15) is 4.79 Å². The molecule has 0 saturated carbocycles. The van der Waals surface area contributed by atoms with Crippen LogP contribution in [0, 0.1) is 0 Å². The van der Waals surface area contributed by atoms with Crippen molar-refractivity contribution in [2.24, 2.45) is 0 Å². The Kier molecular flexibility index (Phi) is 4.47. The zero-order valence-corrected chi connectivity index (χ0v) is 16.2. The highest BCUT2D eigenvalue weighted by molar-refractivity contribution is 6.05. The first-order valence-corrected chi connectivity index (χ1v) is 9.60. The number of para-hydroxylation sites is 1. The van der Waals surface area contributed by atoms with Gasteiger partial charge in [0.2, 0.25) is 0 Å². The van der Waals surface area contributed by atoms with Crippen LogP contribution >= 0.6 is 0 Å². The van der Waals surface area contributed by atoms with Crippen LogP contribution in [0.1, 0.15) is 59.9 Å². The third-order valence-corrected chi connectivity index (χ3v) is 5.31. The summed E-state index contributed by atoms with van der Waals surface area (Å²) < 4.78 is 5.71. The van der Waals surface area contributed by atoms with Gasteiger partial charge in [0, 0.05) is 11.1 Å². The van der Waals surface area contributed by atoms with E-state index in [1.165, 1.54) is 5.56 Å². The van der Waals surface area contributed by atoms with Crippen molar-refractivity contribution in [3.8, 4) is 0 Å². The van der Waals surface area contributed by atoms with Gasteiger partial charge in [-0.3, -0.25) is 4.98 Å². The molecular weight excluding hydrogens is 334 g/mol. The van der Waals surface area contributed by atoms with E-state index < -0.39 is 0 Å². The molecule has 2 aromatic carbocycles. The van der Waals surface area contributed by atoms with Crippen molar-refractivity contribution < 1.29 is 9.53 Å². The second-order valence-electron chi connectivity index (χ2n) is 8.31. The lowest BCUT2D eigenvalue weighted by Crippen LogP contribution is -2.12. The third-order valence-electron chi connectivity index (χ3n) is 5.31. The van der Waals surface area contributed by atoms with Crippen LogP contribution in [0.15, 0.2) is 48.5 Å². The topological polar surface area (TPSA) is 39.2 Å². The molecule has 138 valence electrons. The summed E-state index contributed by atoms with van der Waals surface area (Å²) in [6.45, 7) is 6.86. The number of benzene rings is 2. The lowest BCUT2D eigenvalue weighted by molar-refractivity contribution is 0.0474. The van der Waals surface area contributed by atoms with E-state index in [1.54, 1.807) is 0 Å². The van der Waals surface area contributed by atoms with E-state index in [-0.39, 0.29) is 18.0 Å². The van der Waals surface area contributed by atoms with Crippen molar-refractivity contribution in [1.29, 1.82) is 0 Å². The molecule has 0 N–H and O–H groups in total. The van der Waals surface area contributed by atoms with E-state index in [2.05, 4.69) is 32.9 Å². The maximum atomic E-state index is 13.0. The second-order valence-corrected chi connectivity index (χ2v) is 8.31. The highest BCUT2D eigenvalue weighted by Crippen LogP contribution is 2.30. The number of pyridine rings is 1. The molecule has 3 nitrogen and oxygen atoms in total. The Labute approximate surface area is 160 Å². The Morgan fingerprint density at radius 3 is 2.52 bits per heavy atom. The number of nitrogens with zero attached hydrogens (tertiary/aromatic N) is 1. The molecule has 3 aromatic rings. The molecule has 0 bridgehead atoms. The van der Waals surface area contributed by atoms with Crippen molar-refractivity contribution in [3.05, 3.63) is 76.5 Å². The zero-order chi connectivity index (χ0) is 19.0. The third kappa shape index (κ3) is 3.46. The maximum Gasteiger partial charge on any atom is 0.339 e. The predicted molar refractivity (Wildman–Crippen MR) is 108 cm³/mol. The number of fused-ring (bicyclic) bond motifs is 2. The summed E-state index contributed by atoms with van der Waals surface area (Å²) in [7, 11) is 0. The second kappa shape index (κ2) is 6.80. The lowest BCUT2D eigenvalue weighted by Gasteiger charge is -2.19. The van der Waals surface area contributed by atoms with Crippen LogP contribution in [-0.4, -0.2) is 11.0 Å². The highest BCUT2D eigenvalue weighted by Gasteiger charge is 2.24. The summed E-state index contributed by atoms with van der Waals surface area (Å²) >= 11 is 0. The van der Waals surface area contributed by atoms with Gasteiger partial charge in [-0.1, -0.05) is 63.2 Å². The van der Waals surface area contributed by atoms with E-state index in [0.717, 1.165) is 47.0 Å². The van der Waals surface area contributed by atoms with Gasteiger partial charge in [-0.2, -0.15) is 0 Å². The monoisotopic (exact) mass is 359 g/mol. The predicted octanol–water partition coefficient (Wildman–Crippen LogP) is 5.38. The van der Waals surface area contributed by atoms with E-state index in [4.69, 9.17) is 9.72 Å². The van der Waals surface area contributed by atoms with Gasteiger partial charge in [-0.15, -0.1) is 0 Å². The first kappa shape index (κ1) is 17.7. The molecule has 1 heterocycles. The largest absolute Gasteiger partial charge is 0.457 e. The van der Waals surface area contributed by atoms with Crippen molar-refractivity contribution in [2.75, 3.05) is 0 Å². The normalized spacial score (nSPS) is 13.6. The Morgan fingerprint density at radius 2 is 1.78 bits per heavy atom. The number of carbonyl (C=O) groups is 1. The summed E-state index contributed by atoms with van der Waals surface area (Å²) in [5, 5.41) is 0.895. The van der Waals surface area contributed by atoms with Gasteiger partial charge < -0.3 is 4.74 Å². The summed E-state index contributed by atoms with van der Waals surface area (Å²) in [5.74, 6) is -0.244. The highest BCUT2D eigenvalue weighted by atomic mass is 16.5. The zero-order valence-electron chi connectivity index (χ0n) is 16.2. The van der Waals surface area contributed by atoms with Crippen LogP contribution in [0.25, 0.3) is 10.9 Å². The van der Waals surface area contributed by atoms with Gasteiger partial charge in [0.1, 0.15) is 6.61 Å². The minimum Gasteiger partial charge on any atom is -0.457 e. The molecule has 4 rings (SSSR count). The minimum absolute atomic E-state index is 0.117. The number of carbonyl (C=O) groups excluding carboxylic acids is 1. The van der Waals surface area contributed by atoms with E-state index in [1.807, 2.05) is 36.4 Å². The molecule has 0 fully saturated rings. The summed E-state index contributed by atoms with van der Waals surface area (Å²) in [5.41, 5.74) is 6.10. The molecule has 0 atom stereocenters. The number of rotatable bonds is 3. The average Bonchev–Trinajstić information content (AvgIpc) is 3.11. The molecule has 0 amide bonds. The fraction of sp³-hybridized carbons (Fsp3) is 0.333. The van der Waals surface area contributed by atoms with Gasteiger partial charge in [-0.05, 0) is 47.4 Å². The average molecular weight is 359 g/mol. The van der Waals surface area contributed by atoms with Crippen LogP contribution in [0.3, 0.4) is 0 Å². The van der Waals surface area contributed by atoms with Crippen molar-refractivity contribution >= 4 is 16.9 Å². The molecule has 3 heteroatoms. The van der Waals surface area contributed by atoms with Gasteiger partial charge in [-0.25, -0.2) is 4.79 Å². The molecule has 27 heavy (non-hydrogen) atoms. The van der Waals surface area contributed by atoms with Crippen LogP contribution in [0.5, 0.6) is 0 Å². The number of hydrogen-bond acceptors (Lipinski definition) is 3. The molecule has 0 spiro atoms. The fourth-order valence-electron chi connectivity index (χ4n) is 3.77. The first-order valence-electron chi connectivity index (χ1n) is 9.60. The standard InChI is InChI=1S/C24H25NO2/c1-24(2,3)17-13-11-16(12-14-17)15-27-23(26)22-18-7-4-5-9-20(18)25-21-10-6-8-19(21)22/h4-5,7,9,11-14H,6,8,10,15H2,1-3H3. The van der Waals surface area contributed by atoms with Crippen LogP contribution in [-0.2, 0) is 29.6 Å². The molecule has 1 aliphatic rings. The molecule has 0 unspecified atom stereocenters. The number of hydrogen-bond donors (Lipinski definition) is 0. The van der Waals surface area contributed by atoms with Crippen LogP contribution in [0.4, 0.5) is 0 Å². The van der Waals surface area contributed by atoms with Crippen LogP contribution < -0.4 is 0 Å². The summed E-state index contributed by atoms with van der Waals surface area (Å²) in [6.07, 6.45) is 2.89. The molecule has 0 aliphatic heterocycles. The van der Waals surface area contributed by atoms with Gasteiger partial charge in [0.05, 0.1) is 11.1 Å². The first-order chi connectivity index (χ1) is 12.9. The maximum absolute atomic E-state index is 13.0. The number of aromatic nitrogens is 1. The number of ether oxygens (including phenoxy) is 1. The Morgan fingerprint density at radius 1 is 1.04 bits per heavy atom. The SMILES string of the molecule is CC(C)(C)c1ccc(COC(=O)c2c3c(nc4ccccc24)CCC3)cc1. The number of esters is 1. The van der Waals surface area contributed by atoms with Crippen LogP contribution in [0.2, 0.25) is 0 Å². The molecular formula is C24H25NO2. The van der Waals surface area contributed by atoms with Crippen molar-refractivity contribution in [1.82, 2.24) is 4.98 Å². The summed E-state index contributed by atoms with van der Waals surface area (Å²) in [4.78, 5) is 17.7. The molecule has 0 saturated heterocycles.